The average molecular weight is 389 g/mol. The smallest absolute Gasteiger partial charge is 0.240 e. The van der Waals surface area contributed by atoms with Crippen molar-refractivity contribution < 1.29 is 9.90 Å². The Morgan fingerprint density at radius 3 is 2.21 bits per heavy atom. The summed E-state index contributed by atoms with van der Waals surface area (Å²) in [5.41, 5.74) is 4.42. The first-order chi connectivity index (χ1) is 13.7. The Balaban J connectivity index is 2.31. The van der Waals surface area contributed by atoms with Gasteiger partial charge in [0.2, 0.25) is 5.91 Å². The largest absolute Gasteiger partial charge is 0.507 e. The van der Waals surface area contributed by atoms with Crippen molar-refractivity contribution in [2.45, 2.75) is 104 Å². The first-order valence-electron chi connectivity index (χ1n) is 11.3. The van der Waals surface area contributed by atoms with Gasteiger partial charge in [-0.05, 0) is 37.0 Å². The van der Waals surface area contributed by atoms with E-state index in [-0.39, 0.29) is 11.7 Å². The molecule has 0 saturated carbocycles. The van der Waals surface area contributed by atoms with Crippen molar-refractivity contribution in [1.29, 1.82) is 0 Å². The summed E-state index contributed by atoms with van der Waals surface area (Å²) < 4.78 is 0. The molecule has 0 radical (unpaired) electrons. The zero-order valence-electron chi connectivity index (χ0n) is 18.0. The number of aromatic hydroxyl groups is 1. The van der Waals surface area contributed by atoms with Crippen LogP contribution in [0.3, 0.4) is 0 Å². The maximum Gasteiger partial charge on any atom is 0.240 e. The molecule has 1 amide bonds. The van der Waals surface area contributed by atoms with Gasteiger partial charge < -0.3 is 5.11 Å². The molecule has 4 heteroatoms. The van der Waals surface area contributed by atoms with Gasteiger partial charge in [0.1, 0.15) is 5.75 Å². The van der Waals surface area contributed by atoms with Crippen LogP contribution in [0.5, 0.6) is 5.75 Å². The number of hydrogen-bond acceptors (Lipinski definition) is 3. The van der Waals surface area contributed by atoms with Crippen molar-refractivity contribution in [3.8, 4) is 5.75 Å². The quantitative estimate of drug-likeness (QED) is 0.193. The third-order valence-electron chi connectivity index (χ3n) is 5.06. The number of carbonyl (C=O) groups is 1. The Labute approximate surface area is 171 Å². The molecule has 0 unspecified atom stereocenters. The van der Waals surface area contributed by atoms with Crippen LogP contribution >= 0.6 is 0 Å². The predicted octanol–water partition coefficient (Wildman–Crippen LogP) is 6.50. The van der Waals surface area contributed by atoms with Crippen LogP contribution in [0.4, 0.5) is 0 Å². The summed E-state index contributed by atoms with van der Waals surface area (Å²) in [6, 6.07) is 5.65. The van der Waals surface area contributed by atoms with Crippen molar-refractivity contribution in [3.63, 3.8) is 0 Å². The lowest BCUT2D eigenvalue weighted by molar-refractivity contribution is -0.121. The molecule has 158 valence electrons. The van der Waals surface area contributed by atoms with Crippen LogP contribution < -0.4 is 5.43 Å². The number of carbonyl (C=O) groups excluding carboxylic acids is 1. The number of rotatable bonds is 16. The van der Waals surface area contributed by atoms with Gasteiger partial charge in [0.25, 0.3) is 0 Å². The van der Waals surface area contributed by atoms with Gasteiger partial charge in [-0.2, -0.15) is 5.10 Å². The summed E-state index contributed by atoms with van der Waals surface area (Å²) >= 11 is 0. The second-order valence-corrected chi connectivity index (χ2v) is 7.72. The summed E-state index contributed by atoms with van der Waals surface area (Å²) in [7, 11) is 0. The Bertz CT molecular complexity index is 570. The highest BCUT2D eigenvalue weighted by Crippen LogP contribution is 2.18. The van der Waals surface area contributed by atoms with Crippen LogP contribution in [-0.4, -0.2) is 17.2 Å². The molecule has 0 saturated heterocycles. The molecule has 1 aromatic rings. The van der Waals surface area contributed by atoms with E-state index in [1.54, 1.807) is 12.3 Å². The SMILES string of the molecule is CCCCCCCCCc1ccc(O)c(/C=N/NC(=O)CCCCCCC)c1. The molecule has 1 aromatic carbocycles. The minimum Gasteiger partial charge on any atom is -0.507 e. The van der Waals surface area contributed by atoms with Crippen molar-refractivity contribution in [2.24, 2.45) is 5.10 Å². The molecule has 0 aromatic heterocycles. The predicted molar refractivity (Wildman–Crippen MR) is 119 cm³/mol. The second kappa shape index (κ2) is 16.1. The van der Waals surface area contributed by atoms with Gasteiger partial charge >= 0.3 is 0 Å². The van der Waals surface area contributed by atoms with Crippen molar-refractivity contribution in [1.82, 2.24) is 5.43 Å². The normalized spacial score (nSPS) is 11.2. The second-order valence-electron chi connectivity index (χ2n) is 7.72. The fourth-order valence-electron chi connectivity index (χ4n) is 3.27. The number of amides is 1. The number of hydrogen-bond donors (Lipinski definition) is 2. The van der Waals surface area contributed by atoms with Crippen LogP contribution in [0.2, 0.25) is 0 Å². The van der Waals surface area contributed by atoms with E-state index in [2.05, 4.69) is 24.4 Å². The third kappa shape index (κ3) is 11.8. The molecule has 2 N–H and O–H groups in total. The zero-order chi connectivity index (χ0) is 20.5. The van der Waals surface area contributed by atoms with E-state index in [4.69, 9.17) is 0 Å². The number of nitrogens with one attached hydrogen (secondary N) is 1. The van der Waals surface area contributed by atoms with E-state index in [0.717, 1.165) is 19.3 Å². The van der Waals surface area contributed by atoms with Crippen LogP contribution in [0, 0.1) is 0 Å². The van der Waals surface area contributed by atoms with E-state index >= 15 is 0 Å². The lowest BCUT2D eigenvalue weighted by Gasteiger charge is -2.05. The maximum atomic E-state index is 11.8. The highest BCUT2D eigenvalue weighted by molar-refractivity contribution is 5.85. The van der Waals surface area contributed by atoms with Gasteiger partial charge in [0.15, 0.2) is 0 Å². The van der Waals surface area contributed by atoms with Crippen LogP contribution in [-0.2, 0) is 11.2 Å². The van der Waals surface area contributed by atoms with Gasteiger partial charge in [0, 0.05) is 12.0 Å². The zero-order valence-corrected chi connectivity index (χ0v) is 18.0. The van der Waals surface area contributed by atoms with Crippen molar-refractivity contribution in [2.75, 3.05) is 0 Å². The summed E-state index contributed by atoms with van der Waals surface area (Å²) in [6.45, 7) is 4.42. The molecular formula is C24H40N2O2. The number of unbranched alkanes of at least 4 members (excludes halogenated alkanes) is 10. The number of nitrogens with zero attached hydrogens (tertiary/aromatic N) is 1. The van der Waals surface area contributed by atoms with Gasteiger partial charge in [0.05, 0.1) is 6.21 Å². The molecule has 0 atom stereocenters. The van der Waals surface area contributed by atoms with E-state index in [9.17, 15) is 9.90 Å². The number of hydrazone groups is 1. The molecule has 0 spiro atoms. The lowest BCUT2D eigenvalue weighted by Crippen LogP contribution is -2.16. The molecular weight excluding hydrogens is 348 g/mol. The van der Waals surface area contributed by atoms with E-state index in [1.807, 2.05) is 12.1 Å². The van der Waals surface area contributed by atoms with Crippen LogP contribution in [0.25, 0.3) is 0 Å². The van der Waals surface area contributed by atoms with Gasteiger partial charge in [-0.3, -0.25) is 4.79 Å². The van der Waals surface area contributed by atoms with Crippen molar-refractivity contribution >= 4 is 12.1 Å². The summed E-state index contributed by atoms with van der Waals surface area (Å²) in [5, 5.41) is 14.0. The third-order valence-corrected chi connectivity index (χ3v) is 5.06. The molecule has 4 nitrogen and oxygen atoms in total. The highest BCUT2D eigenvalue weighted by atomic mass is 16.3. The number of benzene rings is 1. The van der Waals surface area contributed by atoms with E-state index in [1.165, 1.54) is 69.8 Å². The first-order valence-corrected chi connectivity index (χ1v) is 11.3. The number of phenols is 1. The number of aryl methyl sites for hydroxylation is 1. The fourth-order valence-corrected chi connectivity index (χ4v) is 3.27. The Morgan fingerprint density at radius 1 is 0.929 bits per heavy atom. The van der Waals surface area contributed by atoms with Gasteiger partial charge in [-0.25, -0.2) is 5.43 Å². The van der Waals surface area contributed by atoms with Gasteiger partial charge in [-0.15, -0.1) is 0 Å². The summed E-state index contributed by atoms with van der Waals surface area (Å²) in [5.74, 6) is 0.132. The fraction of sp³-hybridized carbons (Fsp3) is 0.667. The molecule has 0 aliphatic heterocycles. The minimum atomic E-state index is -0.0635. The Hall–Kier alpha value is -1.84. The summed E-state index contributed by atoms with van der Waals surface area (Å²) in [4.78, 5) is 11.8. The highest BCUT2D eigenvalue weighted by Gasteiger charge is 2.03. The van der Waals surface area contributed by atoms with Crippen LogP contribution in [0.1, 0.15) is 108 Å². The Kier molecular flexibility index (Phi) is 14.0. The number of phenolic OH excluding ortho intramolecular Hbond substituents is 1. The monoisotopic (exact) mass is 388 g/mol. The molecule has 0 heterocycles. The van der Waals surface area contributed by atoms with E-state index < -0.39 is 0 Å². The molecule has 0 aliphatic carbocycles. The topological polar surface area (TPSA) is 61.7 Å². The Morgan fingerprint density at radius 2 is 1.54 bits per heavy atom. The van der Waals surface area contributed by atoms with E-state index in [0.29, 0.717) is 12.0 Å². The molecule has 0 bridgehead atoms. The van der Waals surface area contributed by atoms with Crippen LogP contribution in [0.15, 0.2) is 23.3 Å². The lowest BCUT2D eigenvalue weighted by atomic mass is 10.0. The molecule has 0 fully saturated rings. The standard InChI is InChI=1S/C24H40N2O2/c1-3-5-7-9-10-12-13-15-21-17-18-23(27)22(19-21)20-25-26-24(28)16-14-11-8-6-4-2/h17-20,27H,3-16H2,1-2H3,(H,26,28)/b25-20+. The van der Waals surface area contributed by atoms with Gasteiger partial charge in [-0.1, -0.05) is 84.1 Å². The summed E-state index contributed by atoms with van der Waals surface area (Å²) in [6.07, 6.45) is 17.7. The first kappa shape index (κ1) is 24.2. The molecule has 1 rings (SSSR count). The molecule has 28 heavy (non-hydrogen) atoms. The van der Waals surface area contributed by atoms with Crippen molar-refractivity contribution in [3.05, 3.63) is 29.3 Å². The molecule has 0 aliphatic rings. The average Bonchev–Trinajstić information content (AvgIpc) is 2.69. The maximum absolute atomic E-state index is 11.8. The minimum absolute atomic E-state index is 0.0635.